The maximum Gasteiger partial charge on any atom is 0.319 e. The van der Waals surface area contributed by atoms with E-state index >= 15 is 0 Å². The predicted octanol–water partition coefficient (Wildman–Crippen LogP) is 3.75. The van der Waals surface area contributed by atoms with E-state index in [9.17, 15) is 4.79 Å². The normalized spacial score (nSPS) is 18.6. The minimum absolute atomic E-state index is 0.0975. The SMILES string of the molecule is Cc1ccc(-c2cccnc2)cc1NC(=O)N[C@@H]1CCO[C@H]1c1cn(C)nc1C. The van der Waals surface area contributed by atoms with Crippen LogP contribution in [-0.4, -0.2) is 33.4 Å². The van der Waals surface area contributed by atoms with Crippen LogP contribution in [0.3, 0.4) is 0 Å². The molecule has 150 valence electrons. The number of pyridine rings is 1. The Bertz CT molecular complexity index is 1020. The molecule has 0 unspecified atom stereocenters. The second-order valence-electron chi connectivity index (χ2n) is 7.40. The highest BCUT2D eigenvalue weighted by Crippen LogP contribution is 2.31. The molecule has 1 saturated heterocycles. The van der Waals surface area contributed by atoms with Gasteiger partial charge < -0.3 is 15.4 Å². The Hall–Kier alpha value is -3.19. The lowest BCUT2D eigenvalue weighted by atomic mass is 10.0. The van der Waals surface area contributed by atoms with Crippen molar-refractivity contribution in [3.63, 3.8) is 0 Å². The highest BCUT2D eigenvalue weighted by molar-refractivity contribution is 5.91. The van der Waals surface area contributed by atoms with Gasteiger partial charge in [-0.15, -0.1) is 0 Å². The zero-order chi connectivity index (χ0) is 20.4. The molecule has 2 aromatic heterocycles. The van der Waals surface area contributed by atoms with E-state index in [0.717, 1.165) is 40.1 Å². The van der Waals surface area contributed by atoms with Crippen LogP contribution in [0.4, 0.5) is 10.5 Å². The summed E-state index contributed by atoms with van der Waals surface area (Å²) >= 11 is 0. The van der Waals surface area contributed by atoms with Crippen molar-refractivity contribution in [2.24, 2.45) is 7.05 Å². The van der Waals surface area contributed by atoms with Crippen LogP contribution in [-0.2, 0) is 11.8 Å². The molecule has 1 fully saturated rings. The Balaban J connectivity index is 1.48. The smallest absolute Gasteiger partial charge is 0.319 e. The summed E-state index contributed by atoms with van der Waals surface area (Å²) in [4.78, 5) is 16.9. The van der Waals surface area contributed by atoms with Crippen LogP contribution in [0, 0.1) is 13.8 Å². The molecular weight excluding hydrogens is 366 g/mol. The molecule has 0 aliphatic carbocycles. The number of urea groups is 1. The molecule has 1 aliphatic heterocycles. The Morgan fingerprint density at radius 3 is 2.83 bits per heavy atom. The van der Waals surface area contributed by atoms with Crippen LogP contribution >= 0.6 is 0 Å². The van der Waals surface area contributed by atoms with Crippen LogP contribution in [0.25, 0.3) is 11.1 Å². The molecular formula is C22H25N5O2. The molecule has 2 atom stereocenters. The van der Waals surface area contributed by atoms with Crippen molar-refractivity contribution in [1.29, 1.82) is 0 Å². The van der Waals surface area contributed by atoms with E-state index in [4.69, 9.17) is 4.74 Å². The highest BCUT2D eigenvalue weighted by atomic mass is 16.5. The van der Waals surface area contributed by atoms with E-state index in [2.05, 4.69) is 20.7 Å². The predicted molar refractivity (Wildman–Crippen MR) is 112 cm³/mol. The molecule has 2 N–H and O–H groups in total. The van der Waals surface area contributed by atoms with Gasteiger partial charge in [0.25, 0.3) is 0 Å². The summed E-state index contributed by atoms with van der Waals surface area (Å²) in [5, 5.41) is 10.5. The Morgan fingerprint density at radius 2 is 2.10 bits per heavy atom. The van der Waals surface area contributed by atoms with Gasteiger partial charge in [0, 0.05) is 49.1 Å². The first-order valence-electron chi connectivity index (χ1n) is 9.71. The summed E-state index contributed by atoms with van der Waals surface area (Å²) in [7, 11) is 1.89. The Kier molecular flexibility index (Phi) is 5.31. The second kappa shape index (κ2) is 8.05. The summed E-state index contributed by atoms with van der Waals surface area (Å²) in [6.45, 7) is 4.55. The zero-order valence-electron chi connectivity index (χ0n) is 16.8. The van der Waals surface area contributed by atoms with E-state index in [1.807, 2.05) is 63.6 Å². The fourth-order valence-corrected chi connectivity index (χ4v) is 3.74. The van der Waals surface area contributed by atoms with Gasteiger partial charge in [-0.05, 0) is 43.5 Å². The summed E-state index contributed by atoms with van der Waals surface area (Å²) in [5.41, 5.74) is 5.73. The van der Waals surface area contributed by atoms with Gasteiger partial charge in [-0.2, -0.15) is 5.10 Å². The maximum absolute atomic E-state index is 12.7. The van der Waals surface area contributed by atoms with Crippen LogP contribution < -0.4 is 10.6 Å². The van der Waals surface area contributed by atoms with Crippen molar-refractivity contribution in [2.75, 3.05) is 11.9 Å². The number of nitrogens with one attached hydrogen (secondary N) is 2. The summed E-state index contributed by atoms with van der Waals surface area (Å²) < 4.78 is 7.67. The van der Waals surface area contributed by atoms with Gasteiger partial charge >= 0.3 is 6.03 Å². The average molecular weight is 391 g/mol. The topological polar surface area (TPSA) is 81.1 Å². The number of aromatic nitrogens is 3. The van der Waals surface area contributed by atoms with Crippen molar-refractivity contribution in [1.82, 2.24) is 20.1 Å². The molecule has 1 aromatic carbocycles. The maximum atomic E-state index is 12.7. The van der Waals surface area contributed by atoms with Gasteiger partial charge in [0.2, 0.25) is 0 Å². The molecule has 4 rings (SSSR count). The molecule has 29 heavy (non-hydrogen) atoms. The fraction of sp³-hybridized carbons (Fsp3) is 0.318. The second-order valence-corrected chi connectivity index (χ2v) is 7.40. The quantitative estimate of drug-likeness (QED) is 0.710. The molecule has 0 bridgehead atoms. The van der Waals surface area contributed by atoms with Gasteiger partial charge in [-0.25, -0.2) is 4.79 Å². The number of anilines is 1. The molecule has 0 spiro atoms. The summed E-state index contributed by atoms with van der Waals surface area (Å²) in [5.74, 6) is 0. The summed E-state index contributed by atoms with van der Waals surface area (Å²) in [6.07, 6.45) is 6.09. The molecule has 3 heterocycles. The molecule has 7 nitrogen and oxygen atoms in total. The van der Waals surface area contributed by atoms with Crippen LogP contribution in [0.1, 0.15) is 29.3 Å². The fourth-order valence-electron chi connectivity index (χ4n) is 3.74. The molecule has 1 aliphatic rings. The molecule has 3 aromatic rings. The number of carbonyl (C=O) groups excluding carboxylic acids is 1. The minimum atomic E-state index is -0.238. The Labute approximate surface area is 170 Å². The van der Waals surface area contributed by atoms with Crippen molar-refractivity contribution in [3.05, 3.63) is 65.7 Å². The van der Waals surface area contributed by atoms with Gasteiger partial charge in [0.15, 0.2) is 0 Å². The first kappa shape index (κ1) is 19.1. The largest absolute Gasteiger partial charge is 0.371 e. The van der Waals surface area contributed by atoms with Gasteiger partial charge in [-0.3, -0.25) is 9.67 Å². The number of ether oxygens (including phenoxy) is 1. The number of amides is 2. The van der Waals surface area contributed by atoms with Crippen LogP contribution in [0.15, 0.2) is 48.9 Å². The number of hydrogen-bond acceptors (Lipinski definition) is 4. The van der Waals surface area contributed by atoms with E-state index in [-0.39, 0.29) is 18.2 Å². The van der Waals surface area contributed by atoms with Gasteiger partial charge in [0.1, 0.15) is 6.10 Å². The lowest BCUT2D eigenvalue weighted by Crippen LogP contribution is -2.39. The third-order valence-electron chi connectivity index (χ3n) is 5.25. The number of carbonyl (C=O) groups is 1. The van der Waals surface area contributed by atoms with Gasteiger partial charge in [0.05, 0.1) is 11.7 Å². The number of aryl methyl sites for hydroxylation is 3. The standard InChI is InChI=1S/C22H25N5O2/c1-14-6-7-16(17-5-4-9-23-12-17)11-20(14)25-22(28)24-19-8-10-29-21(19)18-13-27(3)26-15(18)2/h4-7,9,11-13,19,21H,8,10H2,1-3H3,(H2,24,25,28)/t19-,21+/m1/s1. The minimum Gasteiger partial charge on any atom is -0.371 e. The van der Waals surface area contributed by atoms with Crippen molar-refractivity contribution >= 4 is 11.7 Å². The van der Waals surface area contributed by atoms with Crippen molar-refractivity contribution in [2.45, 2.75) is 32.4 Å². The molecule has 7 heteroatoms. The van der Waals surface area contributed by atoms with E-state index < -0.39 is 0 Å². The summed E-state index contributed by atoms with van der Waals surface area (Å²) in [6, 6.07) is 9.56. The first-order valence-corrected chi connectivity index (χ1v) is 9.71. The molecule has 0 saturated carbocycles. The van der Waals surface area contributed by atoms with Crippen LogP contribution in [0.2, 0.25) is 0 Å². The monoisotopic (exact) mass is 391 g/mol. The van der Waals surface area contributed by atoms with E-state index in [0.29, 0.717) is 6.61 Å². The number of nitrogens with zero attached hydrogens (tertiary/aromatic N) is 3. The van der Waals surface area contributed by atoms with Crippen molar-refractivity contribution in [3.8, 4) is 11.1 Å². The highest BCUT2D eigenvalue weighted by Gasteiger charge is 2.33. The number of hydrogen-bond donors (Lipinski definition) is 2. The van der Waals surface area contributed by atoms with Gasteiger partial charge in [-0.1, -0.05) is 18.2 Å². The molecule has 2 amide bonds. The first-order chi connectivity index (χ1) is 14.0. The van der Waals surface area contributed by atoms with Crippen LogP contribution in [0.5, 0.6) is 0 Å². The lowest BCUT2D eigenvalue weighted by molar-refractivity contribution is 0.0998. The lowest BCUT2D eigenvalue weighted by Gasteiger charge is -2.20. The van der Waals surface area contributed by atoms with Crippen molar-refractivity contribution < 1.29 is 9.53 Å². The third kappa shape index (κ3) is 4.14. The average Bonchev–Trinajstić information content (AvgIpc) is 3.29. The van der Waals surface area contributed by atoms with E-state index in [1.165, 1.54) is 0 Å². The van der Waals surface area contributed by atoms with E-state index in [1.54, 1.807) is 10.9 Å². The number of benzene rings is 1. The number of rotatable bonds is 4. The Morgan fingerprint density at radius 1 is 1.24 bits per heavy atom. The third-order valence-corrected chi connectivity index (χ3v) is 5.25. The molecule has 0 radical (unpaired) electrons. The zero-order valence-corrected chi connectivity index (χ0v) is 16.8.